The summed E-state index contributed by atoms with van der Waals surface area (Å²) in [6, 6.07) is 7.18. The zero-order valence-corrected chi connectivity index (χ0v) is 12.0. The van der Waals surface area contributed by atoms with Crippen LogP contribution in [0.2, 0.25) is 0 Å². The van der Waals surface area contributed by atoms with Gasteiger partial charge in [0.05, 0.1) is 0 Å². The Labute approximate surface area is 116 Å². The highest BCUT2D eigenvalue weighted by molar-refractivity contribution is 5.39. The Balaban J connectivity index is 1.63. The molecule has 1 aromatic heterocycles. The highest BCUT2D eigenvalue weighted by atomic mass is 15.2. The maximum atomic E-state index is 4.67. The van der Waals surface area contributed by atoms with Gasteiger partial charge in [-0.1, -0.05) is 6.07 Å². The molecule has 0 radical (unpaired) electrons. The molecule has 0 aromatic carbocycles. The van der Waals surface area contributed by atoms with Crippen molar-refractivity contribution in [3.63, 3.8) is 0 Å². The van der Waals surface area contributed by atoms with Gasteiger partial charge in [-0.2, -0.15) is 0 Å². The number of aromatic nitrogens is 1. The summed E-state index contributed by atoms with van der Waals surface area (Å²) in [5.74, 6) is 1.17. The summed E-state index contributed by atoms with van der Waals surface area (Å²) in [7, 11) is 0. The molecule has 104 valence electrons. The van der Waals surface area contributed by atoms with E-state index in [4.69, 9.17) is 0 Å². The van der Waals surface area contributed by atoms with Crippen molar-refractivity contribution in [2.75, 3.05) is 31.1 Å². The van der Waals surface area contributed by atoms with E-state index in [0.717, 1.165) is 18.3 Å². The summed E-state index contributed by atoms with van der Waals surface area (Å²) < 4.78 is 0. The Morgan fingerprint density at radius 1 is 1.00 bits per heavy atom. The summed E-state index contributed by atoms with van der Waals surface area (Å²) in [5.41, 5.74) is 1.12. The van der Waals surface area contributed by atoms with Crippen LogP contribution in [0.25, 0.3) is 0 Å². The van der Waals surface area contributed by atoms with Crippen molar-refractivity contribution in [2.24, 2.45) is 0 Å². The van der Waals surface area contributed by atoms with Crippen LogP contribution in [0.4, 0.5) is 5.82 Å². The molecule has 1 atom stereocenters. The van der Waals surface area contributed by atoms with E-state index in [1.54, 1.807) is 0 Å². The minimum absolute atomic E-state index is 0.817. The Morgan fingerprint density at radius 2 is 1.84 bits per heavy atom. The van der Waals surface area contributed by atoms with Crippen LogP contribution < -0.4 is 4.90 Å². The SMILES string of the molecule is Cc1cccc(N2CCCC(N3CCCC3)CC2)n1. The van der Waals surface area contributed by atoms with Gasteiger partial charge in [-0.05, 0) is 64.3 Å². The number of hydrogen-bond acceptors (Lipinski definition) is 3. The van der Waals surface area contributed by atoms with Crippen molar-refractivity contribution >= 4 is 5.82 Å². The van der Waals surface area contributed by atoms with Gasteiger partial charge in [-0.15, -0.1) is 0 Å². The van der Waals surface area contributed by atoms with Crippen molar-refractivity contribution < 1.29 is 0 Å². The first-order chi connectivity index (χ1) is 9.33. The first kappa shape index (κ1) is 12.9. The number of nitrogens with zero attached hydrogens (tertiary/aromatic N) is 3. The third-order valence-electron chi connectivity index (χ3n) is 4.55. The number of rotatable bonds is 2. The van der Waals surface area contributed by atoms with Crippen LogP contribution in [0.3, 0.4) is 0 Å². The minimum Gasteiger partial charge on any atom is -0.357 e. The average Bonchev–Trinajstić information content (AvgIpc) is 2.83. The number of likely N-dealkylation sites (tertiary alicyclic amines) is 1. The fraction of sp³-hybridized carbons (Fsp3) is 0.688. The topological polar surface area (TPSA) is 19.4 Å². The van der Waals surface area contributed by atoms with Crippen LogP contribution in [0.1, 0.15) is 37.8 Å². The van der Waals surface area contributed by atoms with Crippen molar-refractivity contribution in [3.05, 3.63) is 23.9 Å². The maximum absolute atomic E-state index is 4.67. The van der Waals surface area contributed by atoms with Crippen LogP contribution in [0.5, 0.6) is 0 Å². The third kappa shape index (κ3) is 3.08. The lowest BCUT2D eigenvalue weighted by Gasteiger charge is -2.26. The predicted molar refractivity (Wildman–Crippen MR) is 79.6 cm³/mol. The molecule has 3 nitrogen and oxygen atoms in total. The minimum atomic E-state index is 0.817. The number of hydrogen-bond donors (Lipinski definition) is 0. The van der Waals surface area contributed by atoms with E-state index in [-0.39, 0.29) is 0 Å². The van der Waals surface area contributed by atoms with Crippen LogP contribution in [-0.4, -0.2) is 42.1 Å². The summed E-state index contributed by atoms with van der Waals surface area (Å²) in [4.78, 5) is 9.86. The molecule has 0 aliphatic carbocycles. The lowest BCUT2D eigenvalue weighted by Crippen LogP contribution is -2.34. The molecule has 2 aliphatic rings. The monoisotopic (exact) mass is 259 g/mol. The zero-order chi connectivity index (χ0) is 13.1. The van der Waals surface area contributed by atoms with Crippen molar-refractivity contribution in [1.29, 1.82) is 0 Å². The molecule has 3 heterocycles. The second kappa shape index (κ2) is 5.91. The van der Waals surface area contributed by atoms with Crippen molar-refractivity contribution in [2.45, 2.75) is 45.1 Å². The fourth-order valence-corrected chi connectivity index (χ4v) is 3.48. The fourth-order valence-electron chi connectivity index (χ4n) is 3.48. The van der Waals surface area contributed by atoms with Gasteiger partial charge >= 0.3 is 0 Å². The Morgan fingerprint density at radius 3 is 2.63 bits per heavy atom. The first-order valence-electron chi connectivity index (χ1n) is 7.75. The first-order valence-corrected chi connectivity index (χ1v) is 7.75. The van der Waals surface area contributed by atoms with Gasteiger partial charge in [-0.3, -0.25) is 0 Å². The van der Waals surface area contributed by atoms with Gasteiger partial charge in [0.2, 0.25) is 0 Å². The summed E-state index contributed by atoms with van der Waals surface area (Å²) in [6.07, 6.45) is 6.77. The Bertz CT molecular complexity index is 412. The molecule has 2 saturated heterocycles. The predicted octanol–water partition coefficient (Wildman–Crippen LogP) is 2.84. The maximum Gasteiger partial charge on any atom is 0.128 e. The number of pyridine rings is 1. The smallest absolute Gasteiger partial charge is 0.128 e. The normalized spacial score (nSPS) is 25.5. The summed E-state index contributed by atoms with van der Waals surface area (Å²) in [6.45, 7) is 7.06. The van der Waals surface area contributed by atoms with Crippen molar-refractivity contribution in [1.82, 2.24) is 9.88 Å². The lowest BCUT2D eigenvalue weighted by atomic mass is 10.1. The molecule has 2 aliphatic heterocycles. The number of aryl methyl sites for hydroxylation is 1. The molecule has 3 rings (SSSR count). The van der Waals surface area contributed by atoms with Crippen LogP contribution in [0, 0.1) is 6.92 Å². The van der Waals surface area contributed by atoms with Gasteiger partial charge in [0.25, 0.3) is 0 Å². The van der Waals surface area contributed by atoms with Crippen LogP contribution in [0.15, 0.2) is 18.2 Å². The van der Waals surface area contributed by atoms with E-state index in [2.05, 4.69) is 39.9 Å². The molecule has 0 spiro atoms. The molecule has 0 N–H and O–H groups in total. The van der Waals surface area contributed by atoms with Gasteiger partial charge in [0, 0.05) is 24.8 Å². The quantitative estimate of drug-likeness (QED) is 0.814. The molecule has 0 saturated carbocycles. The van der Waals surface area contributed by atoms with Crippen LogP contribution in [-0.2, 0) is 0 Å². The molecular formula is C16H25N3. The third-order valence-corrected chi connectivity index (χ3v) is 4.55. The highest BCUT2D eigenvalue weighted by Gasteiger charge is 2.24. The molecule has 2 fully saturated rings. The average molecular weight is 259 g/mol. The second-order valence-corrected chi connectivity index (χ2v) is 5.95. The van der Waals surface area contributed by atoms with E-state index in [9.17, 15) is 0 Å². The standard InChI is InChI=1S/C16H25N3/c1-14-6-4-8-16(17-14)19-12-5-7-15(9-13-19)18-10-2-3-11-18/h4,6,8,15H,2-3,5,7,9-13H2,1H3. The Kier molecular flexibility index (Phi) is 4.02. The lowest BCUT2D eigenvalue weighted by molar-refractivity contribution is 0.225. The summed E-state index contributed by atoms with van der Waals surface area (Å²) in [5, 5.41) is 0. The zero-order valence-electron chi connectivity index (χ0n) is 12.0. The van der Waals surface area contributed by atoms with Gasteiger partial charge < -0.3 is 9.80 Å². The largest absolute Gasteiger partial charge is 0.357 e. The van der Waals surface area contributed by atoms with E-state index < -0.39 is 0 Å². The van der Waals surface area contributed by atoms with E-state index in [1.165, 1.54) is 57.6 Å². The molecule has 1 unspecified atom stereocenters. The van der Waals surface area contributed by atoms with Gasteiger partial charge in [0.15, 0.2) is 0 Å². The molecule has 19 heavy (non-hydrogen) atoms. The number of anilines is 1. The van der Waals surface area contributed by atoms with Gasteiger partial charge in [0.1, 0.15) is 5.82 Å². The highest BCUT2D eigenvalue weighted by Crippen LogP contribution is 2.23. The Hall–Kier alpha value is -1.09. The van der Waals surface area contributed by atoms with Crippen molar-refractivity contribution in [3.8, 4) is 0 Å². The van der Waals surface area contributed by atoms with E-state index in [0.29, 0.717) is 0 Å². The van der Waals surface area contributed by atoms with Gasteiger partial charge in [-0.25, -0.2) is 4.98 Å². The molecule has 0 bridgehead atoms. The second-order valence-electron chi connectivity index (χ2n) is 5.95. The van der Waals surface area contributed by atoms with E-state index >= 15 is 0 Å². The molecule has 3 heteroatoms. The summed E-state index contributed by atoms with van der Waals surface area (Å²) >= 11 is 0. The molecular weight excluding hydrogens is 234 g/mol. The van der Waals surface area contributed by atoms with E-state index in [1.807, 2.05) is 0 Å². The van der Waals surface area contributed by atoms with Crippen LogP contribution >= 0.6 is 0 Å². The molecule has 1 aromatic rings. The molecule has 0 amide bonds.